The van der Waals surface area contributed by atoms with Crippen LogP contribution in [0.15, 0.2) is 30.3 Å². The molecule has 208 valence electrons. The van der Waals surface area contributed by atoms with Crippen molar-refractivity contribution in [3.05, 3.63) is 58.9 Å². The van der Waals surface area contributed by atoms with Crippen LogP contribution in [0.5, 0.6) is 11.5 Å². The van der Waals surface area contributed by atoms with Crippen LogP contribution < -0.4 is 9.47 Å². The van der Waals surface area contributed by atoms with Gasteiger partial charge in [0.15, 0.2) is 23.2 Å². The molecular formula is C32H41F3O3. The second-order valence-corrected chi connectivity index (χ2v) is 11.1. The Labute approximate surface area is 225 Å². The fourth-order valence-electron chi connectivity index (χ4n) is 6.31. The van der Waals surface area contributed by atoms with Gasteiger partial charge in [-0.1, -0.05) is 44.7 Å². The Morgan fingerprint density at radius 3 is 1.97 bits per heavy atom. The van der Waals surface area contributed by atoms with Crippen LogP contribution in [0.4, 0.5) is 13.2 Å². The average Bonchev–Trinajstić information content (AvgIpc) is 2.92. The molecule has 6 heteroatoms. The number of carbonyl (C=O) groups excluding carboxylic acids is 1. The molecule has 0 atom stereocenters. The molecule has 3 nitrogen and oxygen atoms in total. The smallest absolute Gasteiger partial charge is 0.314 e. The maximum atomic E-state index is 15.2. The van der Waals surface area contributed by atoms with Crippen molar-refractivity contribution in [2.45, 2.75) is 103 Å². The fraction of sp³-hybridized carbons (Fsp3) is 0.594. The van der Waals surface area contributed by atoms with Gasteiger partial charge in [-0.05, 0) is 99.3 Å². The third-order valence-corrected chi connectivity index (χ3v) is 8.57. The van der Waals surface area contributed by atoms with Gasteiger partial charge in [-0.3, -0.25) is 4.79 Å². The lowest BCUT2D eigenvalue weighted by Crippen LogP contribution is -2.25. The number of hydrogen-bond acceptors (Lipinski definition) is 3. The standard InChI is InChI=1S/C32H41F3O3/c1-3-5-6-7-21-8-10-22(11-9-21)26-17-18-27(31(35)30(26)34)23-12-14-24(15-13-23)32(36)38-25-16-19-29(37-4-2)28(33)20-25/h16-24H,3-15H2,1-2H3. The highest BCUT2D eigenvalue weighted by Crippen LogP contribution is 2.42. The van der Waals surface area contributed by atoms with Gasteiger partial charge in [0.1, 0.15) is 5.75 Å². The fourth-order valence-corrected chi connectivity index (χ4v) is 6.31. The number of carbonyl (C=O) groups is 1. The van der Waals surface area contributed by atoms with Gasteiger partial charge < -0.3 is 9.47 Å². The molecule has 0 spiro atoms. The lowest BCUT2D eigenvalue weighted by atomic mass is 9.75. The van der Waals surface area contributed by atoms with E-state index < -0.39 is 23.4 Å². The van der Waals surface area contributed by atoms with Gasteiger partial charge in [0.25, 0.3) is 0 Å². The predicted octanol–water partition coefficient (Wildman–Crippen LogP) is 9.24. The SMILES string of the molecule is CCCCCC1CCC(c2ccc(C3CCC(C(=O)Oc4ccc(OCC)c(F)c4)CC3)c(F)c2F)CC1. The molecule has 2 aliphatic rings. The van der Waals surface area contributed by atoms with Crippen molar-refractivity contribution in [1.29, 1.82) is 0 Å². The molecule has 0 heterocycles. The molecule has 4 rings (SSSR count). The molecule has 0 amide bonds. The normalized spacial score (nSPS) is 23.7. The van der Waals surface area contributed by atoms with E-state index in [1.54, 1.807) is 19.1 Å². The highest BCUT2D eigenvalue weighted by molar-refractivity contribution is 5.75. The van der Waals surface area contributed by atoms with Crippen molar-refractivity contribution >= 4 is 5.97 Å². The highest BCUT2D eigenvalue weighted by atomic mass is 19.2. The summed E-state index contributed by atoms with van der Waals surface area (Å²) in [6, 6.07) is 7.67. The zero-order valence-corrected chi connectivity index (χ0v) is 22.7. The first-order valence-electron chi connectivity index (χ1n) is 14.5. The summed E-state index contributed by atoms with van der Waals surface area (Å²) in [5.41, 5.74) is 0.943. The second-order valence-electron chi connectivity index (χ2n) is 11.1. The van der Waals surface area contributed by atoms with Crippen LogP contribution in [0.1, 0.15) is 114 Å². The van der Waals surface area contributed by atoms with E-state index >= 15 is 8.78 Å². The molecule has 0 aromatic heterocycles. The van der Waals surface area contributed by atoms with Crippen LogP contribution in [-0.2, 0) is 4.79 Å². The van der Waals surface area contributed by atoms with Crippen LogP contribution in [0.25, 0.3) is 0 Å². The van der Waals surface area contributed by atoms with Gasteiger partial charge in [0.05, 0.1) is 12.5 Å². The molecule has 0 N–H and O–H groups in total. The van der Waals surface area contributed by atoms with Crippen LogP contribution in [-0.4, -0.2) is 12.6 Å². The molecule has 0 bridgehead atoms. The van der Waals surface area contributed by atoms with Crippen molar-refractivity contribution in [3.63, 3.8) is 0 Å². The van der Waals surface area contributed by atoms with Crippen LogP contribution in [0.3, 0.4) is 0 Å². The molecule has 0 aliphatic heterocycles. The third-order valence-electron chi connectivity index (χ3n) is 8.57. The van der Waals surface area contributed by atoms with E-state index in [4.69, 9.17) is 9.47 Å². The van der Waals surface area contributed by atoms with Crippen molar-refractivity contribution < 1.29 is 27.4 Å². The van der Waals surface area contributed by atoms with E-state index in [-0.39, 0.29) is 29.3 Å². The molecule has 2 saturated carbocycles. The largest absolute Gasteiger partial charge is 0.491 e. The maximum absolute atomic E-state index is 15.2. The first-order valence-corrected chi connectivity index (χ1v) is 14.5. The average molecular weight is 531 g/mol. The van der Waals surface area contributed by atoms with Gasteiger partial charge in [-0.15, -0.1) is 0 Å². The lowest BCUT2D eigenvalue weighted by Gasteiger charge is -2.30. The molecule has 38 heavy (non-hydrogen) atoms. The van der Waals surface area contributed by atoms with E-state index in [1.807, 2.05) is 0 Å². The quantitative estimate of drug-likeness (QED) is 0.174. The summed E-state index contributed by atoms with van der Waals surface area (Å²) in [6.07, 6.45) is 11.3. The first-order chi connectivity index (χ1) is 18.4. The van der Waals surface area contributed by atoms with E-state index in [0.717, 1.165) is 37.7 Å². The van der Waals surface area contributed by atoms with Crippen LogP contribution >= 0.6 is 0 Å². The number of halogens is 3. The summed E-state index contributed by atoms with van der Waals surface area (Å²) in [5, 5.41) is 0. The van der Waals surface area contributed by atoms with E-state index in [2.05, 4.69) is 6.92 Å². The maximum Gasteiger partial charge on any atom is 0.314 e. The molecule has 2 aromatic rings. The summed E-state index contributed by atoms with van der Waals surface area (Å²) in [6.45, 7) is 4.32. The number of unbranched alkanes of at least 4 members (excludes halogenated alkanes) is 2. The van der Waals surface area contributed by atoms with E-state index in [1.165, 1.54) is 37.8 Å². The number of ether oxygens (including phenoxy) is 2. The van der Waals surface area contributed by atoms with E-state index in [9.17, 15) is 9.18 Å². The van der Waals surface area contributed by atoms with Gasteiger partial charge in [-0.25, -0.2) is 13.2 Å². The summed E-state index contributed by atoms with van der Waals surface area (Å²) >= 11 is 0. The molecule has 0 saturated heterocycles. The summed E-state index contributed by atoms with van der Waals surface area (Å²) < 4.78 is 55.1. The van der Waals surface area contributed by atoms with Crippen LogP contribution in [0, 0.1) is 29.3 Å². The first kappa shape index (κ1) is 28.5. The third kappa shape index (κ3) is 6.92. The van der Waals surface area contributed by atoms with Crippen molar-refractivity contribution in [1.82, 2.24) is 0 Å². The zero-order valence-electron chi connectivity index (χ0n) is 22.7. The minimum absolute atomic E-state index is 0.0962. The van der Waals surface area contributed by atoms with Gasteiger partial charge in [-0.2, -0.15) is 0 Å². The Morgan fingerprint density at radius 1 is 0.816 bits per heavy atom. The summed E-state index contributed by atoms with van der Waals surface area (Å²) in [5.74, 6) is -1.81. The van der Waals surface area contributed by atoms with Crippen molar-refractivity contribution in [2.75, 3.05) is 6.61 Å². The summed E-state index contributed by atoms with van der Waals surface area (Å²) in [7, 11) is 0. The number of esters is 1. The van der Waals surface area contributed by atoms with Crippen molar-refractivity contribution in [2.24, 2.45) is 11.8 Å². The highest BCUT2D eigenvalue weighted by Gasteiger charge is 2.32. The Balaban J connectivity index is 1.30. The van der Waals surface area contributed by atoms with Gasteiger partial charge >= 0.3 is 5.97 Å². The zero-order chi connectivity index (χ0) is 27.1. The molecular weight excluding hydrogens is 489 g/mol. The molecule has 2 fully saturated rings. The Morgan fingerprint density at radius 2 is 1.42 bits per heavy atom. The topological polar surface area (TPSA) is 35.5 Å². The molecule has 0 radical (unpaired) electrons. The van der Waals surface area contributed by atoms with Gasteiger partial charge in [0.2, 0.25) is 0 Å². The summed E-state index contributed by atoms with van der Waals surface area (Å²) in [4.78, 5) is 12.7. The minimum atomic E-state index is -0.719. The van der Waals surface area contributed by atoms with Crippen molar-refractivity contribution in [3.8, 4) is 11.5 Å². The Hall–Kier alpha value is -2.50. The van der Waals surface area contributed by atoms with E-state index in [0.29, 0.717) is 43.4 Å². The number of benzene rings is 2. The minimum Gasteiger partial charge on any atom is -0.491 e. The second kappa shape index (κ2) is 13.5. The molecule has 0 unspecified atom stereocenters. The number of hydrogen-bond donors (Lipinski definition) is 0. The van der Waals surface area contributed by atoms with Crippen LogP contribution in [0.2, 0.25) is 0 Å². The predicted molar refractivity (Wildman–Crippen MR) is 143 cm³/mol. The Kier molecular flexibility index (Phi) is 10.1. The Bertz CT molecular complexity index is 1070. The molecule has 2 aromatic carbocycles. The number of rotatable bonds is 10. The molecule has 2 aliphatic carbocycles. The lowest BCUT2D eigenvalue weighted by molar-refractivity contribution is -0.140. The van der Waals surface area contributed by atoms with Gasteiger partial charge in [0, 0.05) is 6.07 Å². The monoisotopic (exact) mass is 530 g/mol.